The molecule has 2 rings (SSSR count). The summed E-state index contributed by atoms with van der Waals surface area (Å²) in [4.78, 5) is 16.2. The first kappa shape index (κ1) is 16.0. The van der Waals surface area contributed by atoms with Gasteiger partial charge in [-0.15, -0.1) is 0 Å². The molecule has 1 aromatic carbocycles. The molecule has 2 atom stereocenters. The summed E-state index contributed by atoms with van der Waals surface area (Å²) in [6.45, 7) is 3.62. The normalized spacial score (nSPS) is 13.3. The van der Waals surface area contributed by atoms with E-state index in [2.05, 4.69) is 10.3 Å². The Bertz CT molecular complexity index is 623. The van der Waals surface area contributed by atoms with Crippen molar-refractivity contribution >= 4 is 5.91 Å². The number of nitrogens with zero attached hydrogens (tertiary/aromatic N) is 1. The number of pyridine rings is 1. The molecule has 0 aliphatic rings. The summed E-state index contributed by atoms with van der Waals surface area (Å²) in [5.74, 6) is 0.464. The maximum atomic E-state index is 12.1. The Kier molecular flexibility index (Phi) is 5.12. The lowest BCUT2D eigenvalue weighted by molar-refractivity contribution is 0.0851. The lowest BCUT2D eigenvalue weighted by Gasteiger charge is -2.21. The van der Waals surface area contributed by atoms with Crippen molar-refractivity contribution < 1.29 is 14.6 Å². The van der Waals surface area contributed by atoms with Crippen LogP contribution in [0.15, 0.2) is 42.6 Å². The molecule has 0 saturated carbocycles. The second-order valence-corrected chi connectivity index (χ2v) is 5.17. The fourth-order valence-electron chi connectivity index (χ4n) is 2.06. The predicted molar refractivity (Wildman–Crippen MR) is 83.9 cm³/mol. The van der Waals surface area contributed by atoms with Crippen LogP contribution in [0.3, 0.4) is 0 Å². The lowest BCUT2D eigenvalue weighted by atomic mass is 10.0. The monoisotopic (exact) mass is 300 g/mol. The van der Waals surface area contributed by atoms with E-state index in [0.29, 0.717) is 5.56 Å². The van der Waals surface area contributed by atoms with Crippen LogP contribution < -0.4 is 10.1 Å². The molecule has 0 saturated heterocycles. The summed E-state index contributed by atoms with van der Waals surface area (Å²) in [5.41, 5.74) is 2.04. The number of aromatic nitrogens is 1. The van der Waals surface area contributed by atoms with Gasteiger partial charge in [0.05, 0.1) is 24.8 Å². The zero-order chi connectivity index (χ0) is 16.1. The Morgan fingerprint density at radius 3 is 2.45 bits per heavy atom. The van der Waals surface area contributed by atoms with E-state index >= 15 is 0 Å². The van der Waals surface area contributed by atoms with Crippen molar-refractivity contribution in [1.82, 2.24) is 10.3 Å². The van der Waals surface area contributed by atoms with Gasteiger partial charge in [0.2, 0.25) is 0 Å². The van der Waals surface area contributed by atoms with Crippen molar-refractivity contribution in [3.63, 3.8) is 0 Å². The molecule has 2 aromatic rings. The molecule has 5 heteroatoms. The van der Waals surface area contributed by atoms with Crippen molar-refractivity contribution in [2.45, 2.75) is 26.0 Å². The molecular formula is C17H20N2O3. The Hall–Kier alpha value is -2.40. The van der Waals surface area contributed by atoms with E-state index in [0.717, 1.165) is 17.0 Å². The molecular weight excluding hydrogens is 280 g/mol. The van der Waals surface area contributed by atoms with E-state index in [4.69, 9.17) is 4.74 Å². The standard InChI is InChI=1S/C17H20N2O3/c1-11-4-5-14(10-18-11)17(21)19-12(2)16(20)13-6-8-15(22-3)9-7-13/h4-10,12,16,20H,1-3H3,(H,19,21). The first-order chi connectivity index (χ1) is 10.5. The molecule has 0 bridgehead atoms. The third-order valence-electron chi connectivity index (χ3n) is 3.46. The minimum Gasteiger partial charge on any atom is -0.497 e. The molecule has 0 spiro atoms. The minimum atomic E-state index is -0.798. The number of hydrogen-bond donors (Lipinski definition) is 2. The lowest BCUT2D eigenvalue weighted by Crippen LogP contribution is -2.37. The van der Waals surface area contributed by atoms with E-state index in [1.165, 1.54) is 6.20 Å². The number of aliphatic hydroxyl groups excluding tert-OH is 1. The highest BCUT2D eigenvalue weighted by atomic mass is 16.5. The molecule has 2 N–H and O–H groups in total. The number of carbonyl (C=O) groups excluding carboxylic acids is 1. The number of carbonyl (C=O) groups is 1. The Balaban J connectivity index is 2.02. The third-order valence-corrected chi connectivity index (χ3v) is 3.46. The number of nitrogens with one attached hydrogen (secondary N) is 1. The summed E-state index contributed by atoms with van der Waals surface area (Å²) in [7, 11) is 1.59. The van der Waals surface area contributed by atoms with Gasteiger partial charge in [-0.1, -0.05) is 12.1 Å². The van der Waals surface area contributed by atoms with Crippen molar-refractivity contribution in [3.05, 3.63) is 59.4 Å². The van der Waals surface area contributed by atoms with E-state index in [-0.39, 0.29) is 5.91 Å². The second kappa shape index (κ2) is 7.04. The van der Waals surface area contributed by atoms with Crippen LogP contribution in [0.5, 0.6) is 5.75 Å². The molecule has 0 radical (unpaired) electrons. The molecule has 1 amide bonds. The first-order valence-corrected chi connectivity index (χ1v) is 7.07. The van der Waals surface area contributed by atoms with Crippen LogP contribution in [0.2, 0.25) is 0 Å². The molecule has 22 heavy (non-hydrogen) atoms. The highest BCUT2D eigenvalue weighted by Crippen LogP contribution is 2.20. The van der Waals surface area contributed by atoms with Crippen molar-refractivity contribution in [2.75, 3.05) is 7.11 Å². The third kappa shape index (κ3) is 3.83. The zero-order valence-electron chi connectivity index (χ0n) is 12.9. The molecule has 0 aliphatic heterocycles. The van der Waals surface area contributed by atoms with Crippen LogP contribution in [0.1, 0.15) is 34.6 Å². The minimum absolute atomic E-state index is 0.257. The number of benzene rings is 1. The number of hydrogen-bond acceptors (Lipinski definition) is 4. The average molecular weight is 300 g/mol. The maximum absolute atomic E-state index is 12.1. The van der Waals surface area contributed by atoms with E-state index in [1.54, 1.807) is 50.4 Å². The highest BCUT2D eigenvalue weighted by molar-refractivity contribution is 5.94. The highest BCUT2D eigenvalue weighted by Gasteiger charge is 2.19. The van der Waals surface area contributed by atoms with Crippen molar-refractivity contribution in [1.29, 1.82) is 0 Å². The Morgan fingerprint density at radius 2 is 1.91 bits per heavy atom. The smallest absolute Gasteiger partial charge is 0.253 e. The fourth-order valence-corrected chi connectivity index (χ4v) is 2.06. The molecule has 1 aromatic heterocycles. The van der Waals surface area contributed by atoms with E-state index < -0.39 is 12.1 Å². The van der Waals surface area contributed by atoms with Crippen LogP contribution >= 0.6 is 0 Å². The summed E-state index contributed by atoms with van der Waals surface area (Å²) >= 11 is 0. The molecule has 0 fully saturated rings. The molecule has 0 aliphatic carbocycles. The van der Waals surface area contributed by atoms with Crippen LogP contribution in [-0.4, -0.2) is 29.1 Å². The molecule has 116 valence electrons. The average Bonchev–Trinajstić information content (AvgIpc) is 2.54. The maximum Gasteiger partial charge on any atom is 0.253 e. The fraction of sp³-hybridized carbons (Fsp3) is 0.294. The van der Waals surface area contributed by atoms with Crippen LogP contribution in [0.4, 0.5) is 0 Å². The van der Waals surface area contributed by atoms with Gasteiger partial charge >= 0.3 is 0 Å². The van der Waals surface area contributed by atoms with Gasteiger partial charge in [-0.05, 0) is 43.7 Å². The Labute approximate surface area is 130 Å². The van der Waals surface area contributed by atoms with Gasteiger partial charge in [-0.25, -0.2) is 0 Å². The van der Waals surface area contributed by atoms with Crippen LogP contribution in [0.25, 0.3) is 0 Å². The number of methoxy groups -OCH3 is 1. The molecule has 1 heterocycles. The summed E-state index contributed by atoms with van der Waals surface area (Å²) < 4.78 is 5.08. The number of aliphatic hydroxyl groups is 1. The van der Waals surface area contributed by atoms with Crippen LogP contribution in [-0.2, 0) is 0 Å². The van der Waals surface area contributed by atoms with Crippen molar-refractivity contribution in [2.24, 2.45) is 0 Å². The van der Waals surface area contributed by atoms with Crippen molar-refractivity contribution in [3.8, 4) is 5.75 Å². The van der Waals surface area contributed by atoms with E-state index in [1.807, 2.05) is 6.92 Å². The summed E-state index contributed by atoms with van der Waals surface area (Å²) in [5, 5.41) is 13.1. The summed E-state index contributed by atoms with van der Waals surface area (Å²) in [6.07, 6.45) is 0.727. The Morgan fingerprint density at radius 1 is 1.23 bits per heavy atom. The number of ether oxygens (including phenoxy) is 1. The zero-order valence-corrected chi connectivity index (χ0v) is 12.9. The predicted octanol–water partition coefficient (Wildman–Crippen LogP) is 2.25. The largest absolute Gasteiger partial charge is 0.497 e. The van der Waals surface area contributed by atoms with Gasteiger partial charge < -0.3 is 15.2 Å². The van der Waals surface area contributed by atoms with Gasteiger partial charge in [0.15, 0.2) is 0 Å². The van der Waals surface area contributed by atoms with E-state index in [9.17, 15) is 9.90 Å². The first-order valence-electron chi connectivity index (χ1n) is 7.07. The van der Waals surface area contributed by atoms with Gasteiger partial charge in [0, 0.05) is 11.9 Å². The number of aryl methyl sites for hydroxylation is 1. The summed E-state index contributed by atoms with van der Waals surface area (Å²) in [6, 6.07) is 10.2. The number of rotatable bonds is 5. The number of amides is 1. The quantitative estimate of drug-likeness (QED) is 0.888. The van der Waals surface area contributed by atoms with Gasteiger partial charge in [-0.3, -0.25) is 9.78 Å². The van der Waals surface area contributed by atoms with Gasteiger partial charge in [0.25, 0.3) is 5.91 Å². The van der Waals surface area contributed by atoms with Crippen LogP contribution in [0, 0.1) is 6.92 Å². The molecule has 2 unspecified atom stereocenters. The second-order valence-electron chi connectivity index (χ2n) is 5.17. The SMILES string of the molecule is COc1ccc(C(O)C(C)NC(=O)c2ccc(C)nc2)cc1. The molecule has 5 nitrogen and oxygen atoms in total. The topological polar surface area (TPSA) is 71.5 Å². The van der Waals surface area contributed by atoms with Gasteiger partial charge in [-0.2, -0.15) is 0 Å². The van der Waals surface area contributed by atoms with Gasteiger partial charge in [0.1, 0.15) is 5.75 Å².